The molecule has 3 aromatic carbocycles. The van der Waals surface area contributed by atoms with Crippen LogP contribution in [0, 0.1) is 13.8 Å². The topological polar surface area (TPSA) is 67.4 Å². The van der Waals surface area contributed by atoms with Crippen molar-refractivity contribution < 1.29 is 14.3 Å². The molecule has 5 nitrogen and oxygen atoms in total. The van der Waals surface area contributed by atoms with Gasteiger partial charge in [0.25, 0.3) is 11.8 Å². The molecule has 0 fully saturated rings. The van der Waals surface area contributed by atoms with Crippen LogP contribution in [0.5, 0.6) is 5.75 Å². The first-order valence-electron chi connectivity index (χ1n) is 9.94. The van der Waals surface area contributed by atoms with Crippen LogP contribution in [-0.4, -0.2) is 25.0 Å². The molecule has 0 aliphatic carbocycles. The van der Waals surface area contributed by atoms with Crippen molar-refractivity contribution in [2.24, 2.45) is 0 Å². The minimum Gasteiger partial charge on any atom is -0.484 e. The number of nitrogens with one attached hydrogen (secondary N) is 2. The molecule has 154 valence electrons. The third-order valence-corrected chi connectivity index (χ3v) is 4.91. The Morgan fingerprint density at radius 1 is 0.867 bits per heavy atom. The van der Waals surface area contributed by atoms with Crippen molar-refractivity contribution in [2.45, 2.75) is 20.3 Å². The second-order valence-corrected chi connectivity index (χ2v) is 7.10. The highest BCUT2D eigenvalue weighted by molar-refractivity contribution is 5.94. The molecule has 0 saturated heterocycles. The zero-order valence-corrected chi connectivity index (χ0v) is 17.3. The van der Waals surface area contributed by atoms with Crippen LogP contribution in [0.1, 0.15) is 27.0 Å². The number of benzene rings is 3. The average Bonchev–Trinajstić information content (AvgIpc) is 2.76. The van der Waals surface area contributed by atoms with E-state index in [-0.39, 0.29) is 18.4 Å². The molecule has 0 heterocycles. The molecule has 0 aliphatic heterocycles. The molecule has 30 heavy (non-hydrogen) atoms. The summed E-state index contributed by atoms with van der Waals surface area (Å²) < 4.78 is 5.54. The fourth-order valence-corrected chi connectivity index (χ4v) is 2.99. The van der Waals surface area contributed by atoms with Crippen molar-refractivity contribution in [3.05, 3.63) is 95.1 Å². The van der Waals surface area contributed by atoms with Gasteiger partial charge in [0.15, 0.2) is 6.61 Å². The Kier molecular flexibility index (Phi) is 7.22. The fraction of sp³-hybridized carbons (Fsp3) is 0.200. The molecule has 0 aliphatic rings. The largest absolute Gasteiger partial charge is 0.484 e. The summed E-state index contributed by atoms with van der Waals surface area (Å²) in [6.45, 7) is 4.44. The number of carbonyl (C=O) groups is 2. The first kappa shape index (κ1) is 21.1. The van der Waals surface area contributed by atoms with E-state index in [9.17, 15) is 9.59 Å². The Balaban J connectivity index is 1.45. The number of anilines is 1. The third-order valence-electron chi connectivity index (χ3n) is 4.91. The van der Waals surface area contributed by atoms with E-state index in [0.717, 1.165) is 23.2 Å². The summed E-state index contributed by atoms with van der Waals surface area (Å²) in [6, 6.07) is 22.5. The van der Waals surface area contributed by atoms with Crippen LogP contribution in [0.4, 0.5) is 5.69 Å². The molecule has 0 atom stereocenters. The third kappa shape index (κ3) is 5.95. The van der Waals surface area contributed by atoms with Gasteiger partial charge in [0, 0.05) is 17.8 Å². The predicted octanol–water partition coefficient (Wildman–Crippen LogP) is 4.29. The minimum atomic E-state index is -0.230. The van der Waals surface area contributed by atoms with Crippen LogP contribution in [0.2, 0.25) is 0 Å². The van der Waals surface area contributed by atoms with Crippen molar-refractivity contribution in [1.82, 2.24) is 5.32 Å². The van der Waals surface area contributed by atoms with Crippen LogP contribution in [0.25, 0.3) is 0 Å². The first-order chi connectivity index (χ1) is 14.5. The first-order valence-corrected chi connectivity index (χ1v) is 9.94. The molecule has 0 spiro atoms. The van der Waals surface area contributed by atoms with Crippen LogP contribution in [0.15, 0.2) is 72.8 Å². The smallest absolute Gasteiger partial charge is 0.262 e. The van der Waals surface area contributed by atoms with Crippen molar-refractivity contribution in [3.63, 3.8) is 0 Å². The number of rotatable bonds is 8. The molecule has 0 saturated carbocycles. The molecule has 2 amide bonds. The lowest BCUT2D eigenvalue weighted by Crippen LogP contribution is -2.25. The molecule has 3 rings (SSSR count). The van der Waals surface area contributed by atoms with Crippen LogP contribution in [0.3, 0.4) is 0 Å². The van der Waals surface area contributed by atoms with E-state index in [2.05, 4.69) is 10.6 Å². The number of carbonyl (C=O) groups excluding carboxylic acids is 2. The zero-order chi connectivity index (χ0) is 21.3. The lowest BCUT2D eigenvalue weighted by Gasteiger charge is -2.11. The Morgan fingerprint density at radius 2 is 1.60 bits per heavy atom. The molecular formula is C25H26N2O3. The summed E-state index contributed by atoms with van der Waals surface area (Å²) in [6.07, 6.45) is 0.781. The molecule has 0 bridgehead atoms. The lowest BCUT2D eigenvalue weighted by molar-refractivity contribution is -0.118. The maximum atomic E-state index is 12.3. The second kappa shape index (κ2) is 10.3. The maximum Gasteiger partial charge on any atom is 0.262 e. The predicted molar refractivity (Wildman–Crippen MR) is 119 cm³/mol. The van der Waals surface area contributed by atoms with Gasteiger partial charge in [-0.1, -0.05) is 42.5 Å². The highest BCUT2D eigenvalue weighted by atomic mass is 16.5. The fourth-order valence-electron chi connectivity index (χ4n) is 2.99. The van der Waals surface area contributed by atoms with E-state index in [1.54, 1.807) is 24.3 Å². The number of hydrogen-bond acceptors (Lipinski definition) is 3. The van der Waals surface area contributed by atoms with E-state index < -0.39 is 0 Å². The highest BCUT2D eigenvalue weighted by Crippen LogP contribution is 2.18. The second-order valence-electron chi connectivity index (χ2n) is 7.10. The Hall–Kier alpha value is -3.60. The molecule has 3 aromatic rings. The van der Waals surface area contributed by atoms with Crippen LogP contribution < -0.4 is 15.4 Å². The van der Waals surface area contributed by atoms with Gasteiger partial charge in [-0.2, -0.15) is 0 Å². The summed E-state index contributed by atoms with van der Waals surface area (Å²) >= 11 is 0. The van der Waals surface area contributed by atoms with Gasteiger partial charge in [-0.3, -0.25) is 9.59 Å². The summed E-state index contributed by atoms with van der Waals surface area (Å²) in [5.41, 5.74) is 4.67. The quantitative estimate of drug-likeness (QED) is 0.591. The molecule has 0 unspecified atom stereocenters. The Morgan fingerprint density at radius 3 is 2.33 bits per heavy atom. The minimum absolute atomic E-state index is 0.101. The van der Waals surface area contributed by atoms with Gasteiger partial charge in [0.1, 0.15) is 5.75 Å². The Bertz CT molecular complexity index is 999. The number of aryl methyl sites for hydroxylation is 1. The van der Waals surface area contributed by atoms with Crippen molar-refractivity contribution in [3.8, 4) is 5.75 Å². The van der Waals surface area contributed by atoms with Crippen molar-refractivity contribution in [2.75, 3.05) is 18.5 Å². The van der Waals surface area contributed by atoms with Gasteiger partial charge in [-0.25, -0.2) is 0 Å². The zero-order valence-electron chi connectivity index (χ0n) is 17.3. The Labute approximate surface area is 177 Å². The SMILES string of the molecule is Cc1cccc(NC(=O)COc2ccc(C(=O)NCCc3ccccc3)cc2)c1C. The lowest BCUT2D eigenvalue weighted by atomic mass is 10.1. The van der Waals surface area contributed by atoms with Gasteiger partial charge in [-0.05, 0) is 67.3 Å². The summed E-state index contributed by atoms with van der Waals surface area (Å²) in [7, 11) is 0. The van der Waals surface area contributed by atoms with E-state index in [1.807, 2.05) is 62.4 Å². The maximum absolute atomic E-state index is 12.3. The van der Waals surface area contributed by atoms with Crippen molar-refractivity contribution in [1.29, 1.82) is 0 Å². The van der Waals surface area contributed by atoms with Gasteiger partial charge in [0.2, 0.25) is 0 Å². The van der Waals surface area contributed by atoms with E-state index in [1.165, 1.54) is 5.56 Å². The molecule has 0 radical (unpaired) electrons. The van der Waals surface area contributed by atoms with Gasteiger partial charge in [-0.15, -0.1) is 0 Å². The normalized spacial score (nSPS) is 10.3. The summed E-state index contributed by atoms with van der Waals surface area (Å²) in [5, 5.41) is 5.77. The standard InChI is InChI=1S/C25H26N2O3/c1-18-7-6-10-23(19(18)2)27-24(28)17-30-22-13-11-21(12-14-22)25(29)26-16-15-20-8-4-3-5-9-20/h3-14H,15-17H2,1-2H3,(H,26,29)(H,27,28). The van der Waals surface area contributed by atoms with Crippen LogP contribution >= 0.6 is 0 Å². The number of ether oxygens (including phenoxy) is 1. The molecular weight excluding hydrogens is 376 g/mol. The molecule has 2 N–H and O–H groups in total. The van der Waals surface area contributed by atoms with Crippen LogP contribution in [-0.2, 0) is 11.2 Å². The monoisotopic (exact) mass is 402 g/mol. The van der Waals surface area contributed by atoms with Gasteiger partial charge in [0.05, 0.1) is 0 Å². The molecule has 5 heteroatoms. The number of amides is 2. The van der Waals surface area contributed by atoms with E-state index in [4.69, 9.17) is 4.74 Å². The van der Waals surface area contributed by atoms with E-state index >= 15 is 0 Å². The van der Waals surface area contributed by atoms with Gasteiger partial charge >= 0.3 is 0 Å². The molecule has 0 aromatic heterocycles. The summed E-state index contributed by atoms with van der Waals surface area (Å²) in [4.78, 5) is 24.4. The van der Waals surface area contributed by atoms with Gasteiger partial charge < -0.3 is 15.4 Å². The van der Waals surface area contributed by atoms with E-state index in [0.29, 0.717) is 17.9 Å². The summed E-state index contributed by atoms with van der Waals surface area (Å²) in [5.74, 6) is 0.170. The van der Waals surface area contributed by atoms with Crippen molar-refractivity contribution >= 4 is 17.5 Å². The highest BCUT2D eigenvalue weighted by Gasteiger charge is 2.08. The number of hydrogen-bond donors (Lipinski definition) is 2. The average molecular weight is 402 g/mol.